The maximum absolute atomic E-state index is 5.62. The van der Waals surface area contributed by atoms with Gasteiger partial charge >= 0.3 is 12.4 Å². The van der Waals surface area contributed by atoms with Crippen LogP contribution in [-0.4, -0.2) is 24.0 Å². The van der Waals surface area contributed by atoms with Gasteiger partial charge in [-0.25, -0.2) is 0 Å². The molecule has 0 saturated carbocycles. The molecule has 9 heavy (non-hydrogen) atoms. The molecule has 0 aromatic rings. The lowest BCUT2D eigenvalue weighted by Gasteiger charge is -2.22. The topological polar surface area (TPSA) is 3.24 Å². The Bertz CT molecular complexity index is 93.1. The first kappa shape index (κ1) is 10.4. The van der Waals surface area contributed by atoms with Gasteiger partial charge in [0, 0.05) is 0 Å². The molecule has 0 bridgehead atoms. The average molecular weight is 225 g/mol. The van der Waals surface area contributed by atoms with E-state index in [0.717, 1.165) is 0 Å². The molecule has 54 valence electrons. The summed E-state index contributed by atoms with van der Waals surface area (Å²) in [4.78, 5) is 0. The predicted octanol–water partition coefficient (Wildman–Crippen LogP) is 2.43. The molecule has 0 fully saturated rings. The molecule has 0 amide bonds. The first-order chi connectivity index (χ1) is 3.85. The molecule has 0 aliphatic carbocycles. The predicted molar refractivity (Wildman–Crippen MR) is 48.5 cm³/mol. The van der Waals surface area contributed by atoms with Crippen LogP contribution in [0.2, 0.25) is 6.82 Å². The highest BCUT2D eigenvalue weighted by atomic mass is 35.8. The van der Waals surface area contributed by atoms with Crippen molar-refractivity contribution in [2.24, 2.45) is 0 Å². The van der Waals surface area contributed by atoms with Gasteiger partial charge in [0.1, 0.15) is 0 Å². The van der Waals surface area contributed by atoms with E-state index in [1.54, 1.807) is 18.3 Å². The van der Waals surface area contributed by atoms with Crippen molar-refractivity contribution in [3.8, 4) is 0 Å². The third kappa shape index (κ3) is 3.96. The van der Waals surface area contributed by atoms with Gasteiger partial charge < -0.3 is 4.48 Å². The molecule has 1 nitrogen and oxygen atoms in total. The number of rotatable bonds is 2. The van der Waals surface area contributed by atoms with Crippen LogP contribution in [0, 0.1) is 0 Å². The van der Waals surface area contributed by atoms with E-state index >= 15 is 0 Å². The quantitative estimate of drug-likeness (QED) is 0.515. The van der Waals surface area contributed by atoms with Crippen LogP contribution in [0.5, 0.6) is 0 Å². The van der Waals surface area contributed by atoms with Crippen LogP contribution < -0.4 is 0 Å². The maximum Gasteiger partial charge on any atom is 0.414 e. The fourth-order valence-electron chi connectivity index (χ4n) is 0.202. The zero-order valence-electron chi connectivity index (χ0n) is 5.04. The lowest BCUT2D eigenvalue weighted by Crippen LogP contribution is -2.43. The molecule has 0 aliphatic heterocycles. The van der Waals surface area contributed by atoms with Crippen LogP contribution in [0.15, 0.2) is 0 Å². The molecule has 0 rings (SSSR count). The molecule has 0 spiro atoms. The van der Waals surface area contributed by atoms with Crippen LogP contribution in [0.4, 0.5) is 0 Å². The minimum absolute atomic E-state index is 0.218. The summed E-state index contributed by atoms with van der Waals surface area (Å²) in [6, 6.07) is 0. The zero-order chi connectivity index (χ0) is 7.65. The number of hydrogen-bond acceptors (Lipinski definition) is 1. The van der Waals surface area contributed by atoms with Crippen molar-refractivity contribution in [2.75, 3.05) is 7.05 Å². The summed E-state index contributed by atoms with van der Waals surface area (Å²) >= 11 is 22.4. The molecule has 0 aromatic carbocycles. The summed E-state index contributed by atoms with van der Waals surface area (Å²) in [6.07, 6.45) is -2.92. The standard InChI is InChI=1S/C2H6BCl4NSi/c1-3(4)8(2)9(5,6)7/h1-2H3. The lowest BCUT2D eigenvalue weighted by atomic mass is 9.99. The number of nitrogens with zero attached hydrogens (tertiary/aromatic N) is 1. The molecule has 0 unspecified atom stereocenters. The van der Waals surface area contributed by atoms with Crippen LogP contribution in [0.25, 0.3) is 0 Å². The maximum atomic E-state index is 5.62. The summed E-state index contributed by atoms with van der Waals surface area (Å²) in [6.45, 7) is 1.76. The Hall–Kier alpha value is 1.40. The highest BCUT2D eigenvalue weighted by Crippen LogP contribution is 2.24. The second kappa shape index (κ2) is 3.70. The van der Waals surface area contributed by atoms with Gasteiger partial charge in [-0.3, -0.25) is 0 Å². The van der Waals surface area contributed by atoms with E-state index in [-0.39, 0.29) is 6.26 Å². The smallest absolute Gasteiger partial charge is 0.317 e. The second-order valence-electron chi connectivity index (χ2n) is 1.65. The molecule has 0 radical (unpaired) electrons. The van der Waals surface area contributed by atoms with Crippen molar-refractivity contribution in [1.82, 2.24) is 4.48 Å². The van der Waals surface area contributed by atoms with E-state index < -0.39 is 6.16 Å². The van der Waals surface area contributed by atoms with Crippen molar-refractivity contribution < 1.29 is 0 Å². The van der Waals surface area contributed by atoms with E-state index in [4.69, 9.17) is 44.7 Å². The highest BCUT2D eigenvalue weighted by molar-refractivity contribution is 7.64. The van der Waals surface area contributed by atoms with E-state index in [1.807, 2.05) is 0 Å². The molecule has 7 heteroatoms. The Morgan fingerprint density at radius 3 is 1.67 bits per heavy atom. The van der Waals surface area contributed by atoms with Gasteiger partial charge in [-0.2, -0.15) is 11.5 Å². The van der Waals surface area contributed by atoms with E-state index in [2.05, 4.69) is 0 Å². The fourth-order valence-corrected chi connectivity index (χ4v) is 2.81. The van der Waals surface area contributed by atoms with Gasteiger partial charge in [0.05, 0.1) is 0 Å². The lowest BCUT2D eigenvalue weighted by molar-refractivity contribution is 0.844. The Morgan fingerprint density at radius 1 is 1.33 bits per heavy atom. The second-order valence-corrected chi connectivity index (χ2v) is 10.6. The van der Waals surface area contributed by atoms with Crippen LogP contribution >= 0.6 is 44.7 Å². The van der Waals surface area contributed by atoms with Gasteiger partial charge in [0.2, 0.25) is 0 Å². The molecule has 0 atom stereocenters. The SMILES string of the molecule is CB(Cl)N(C)[Si](Cl)(Cl)Cl. The van der Waals surface area contributed by atoms with Crippen molar-refractivity contribution in [1.29, 1.82) is 0 Å². The summed E-state index contributed by atoms with van der Waals surface area (Å²) in [5.74, 6) is 0. The van der Waals surface area contributed by atoms with Gasteiger partial charge in [0.25, 0.3) is 0 Å². The normalized spacial score (nSPS) is 12.3. The van der Waals surface area contributed by atoms with E-state index in [0.29, 0.717) is 0 Å². The minimum atomic E-state index is -2.71. The van der Waals surface area contributed by atoms with E-state index in [1.165, 1.54) is 0 Å². The zero-order valence-corrected chi connectivity index (χ0v) is 9.06. The Labute approximate surface area is 75.4 Å². The van der Waals surface area contributed by atoms with Gasteiger partial charge in [0.15, 0.2) is 0 Å². The third-order valence-corrected chi connectivity index (χ3v) is 4.98. The first-order valence-electron chi connectivity index (χ1n) is 2.29. The first-order valence-corrected chi connectivity index (χ1v) is 7.71. The summed E-state index contributed by atoms with van der Waals surface area (Å²) in [5, 5.41) is 0. The monoisotopic (exact) mass is 223 g/mol. The summed E-state index contributed by atoms with van der Waals surface area (Å²) < 4.78 is 1.55. The van der Waals surface area contributed by atoms with Gasteiger partial charge in [-0.1, -0.05) is 6.82 Å². The number of hydrogen-bond donors (Lipinski definition) is 0. The minimum Gasteiger partial charge on any atom is -0.317 e. The van der Waals surface area contributed by atoms with Crippen LogP contribution in [-0.2, 0) is 0 Å². The van der Waals surface area contributed by atoms with Crippen molar-refractivity contribution in [3.05, 3.63) is 0 Å². The van der Waals surface area contributed by atoms with Gasteiger partial charge in [-0.15, -0.1) is 33.2 Å². The molecule has 0 saturated heterocycles. The molecule has 0 aromatic heterocycles. The number of halogens is 4. The van der Waals surface area contributed by atoms with Gasteiger partial charge in [-0.05, 0) is 7.05 Å². The highest BCUT2D eigenvalue weighted by Gasteiger charge is 2.35. The van der Waals surface area contributed by atoms with Crippen molar-refractivity contribution in [3.63, 3.8) is 0 Å². The molecular weight excluding hydrogens is 219 g/mol. The molecular formula is C2H6BCl4NSi. The van der Waals surface area contributed by atoms with Crippen molar-refractivity contribution >= 4 is 57.1 Å². The average Bonchev–Trinajstić information content (AvgIpc) is 1.62. The fraction of sp³-hybridized carbons (Fsp3) is 1.00. The Morgan fingerprint density at radius 2 is 1.67 bits per heavy atom. The van der Waals surface area contributed by atoms with Crippen LogP contribution in [0.1, 0.15) is 0 Å². The van der Waals surface area contributed by atoms with Crippen LogP contribution in [0.3, 0.4) is 0 Å². The Kier molecular flexibility index (Phi) is 4.27. The van der Waals surface area contributed by atoms with Crippen molar-refractivity contribution in [2.45, 2.75) is 6.82 Å². The summed E-state index contributed by atoms with van der Waals surface area (Å²) in [7, 11) is 1.69. The molecule has 0 heterocycles. The largest absolute Gasteiger partial charge is 0.414 e. The van der Waals surface area contributed by atoms with E-state index in [9.17, 15) is 0 Å². The summed E-state index contributed by atoms with van der Waals surface area (Å²) in [5.41, 5.74) is 0. The molecule has 0 aliphatic rings. The molecule has 0 N–H and O–H groups in total. The third-order valence-electron chi connectivity index (χ3n) is 0.934. The Balaban J connectivity index is 3.88.